The zero-order chi connectivity index (χ0) is 14.5. The minimum absolute atomic E-state index is 0.112. The molecule has 5 nitrogen and oxygen atoms in total. The van der Waals surface area contributed by atoms with Crippen molar-refractivity contribution in [3.63, 3.8) is 0 Å². The number of carbonyl (C=O) groups excluding carboxylic acids is 1. The molecule has 1 heterocycles. The molecule has 0 aliphatic heterocycles. The minimum Gasteiger partial charge on any atom is -0.464 e. The topological polar surface area (TPSA) is 60.5 Å². The third kappa shape index (κ3) is 4.80. The average Bonchev–Trinajstić information content (AvgIpc) is 2.75. The van der Waals surface area contributed by atoms with Crippen LogP contribution in [-0.4, -0.2) is 38.3 Å². The van der Waals surface area contributed by atoms with Crippen molar-refractivity contribution in [2.75, 3.05) is 32.7 Å². The van der Waals surface area contributed by atoms with Gasteiger partial charge in [0.25, 0.3) is 0 Å². The van der Waals surface area contributed by atoms with Gasteiger partial charge in [-0.2, -0.15) is 0 Å². The van der Waals surface area contributed by atoms with Crippen LogP contribution in [0.4, 0.5) is 5.13 Å². The maximum Gasteiger partial charge on any atom is 0.357 e. The van der Waals surface area contributed by atoms with E-state index in [0.717, 1.165) is 29.6 Å². The molecule has 6 heteroatoms. The number of methoxy groups -OCH3 is 2. The molecule has 0 aromatic carbocycles. The van der Waals surface area contributed by atoms with Crippen molar-refractivity contribution in [1.82, 2.24) is 4.98 Å². The standard InChI is InChI=1S/C13H22N2O3S/c1-9-10(11(16)18-5)15-12(19-9)14-8-13(2,3)6-7-17-4/h6-8H2,1-5H3,(H,14,15). The van der Waals surface area contributed by atoms with E-state index in [1.54, 1.807) is 7.11 Å². The van der Waals surface area contributed by atoms with Crippen LogP contribution in [0.5, 0.6) is 0 Å². The number of carbonyl (C=O) groups is 1. The van der Waals surface area contributed by atoms with Crippen LogP contribution in [0.1, 0.15) is 35.6 Å². The van der Waals surface area contributed by atoms with Crippen molar-refractivity contribution in [3.05, 3.63) is 10.6 Å². The first-order chi connectivity index (χ1) is 8.89. The molecule has 0 spiro atoms. The molecule has 0 amide bonds. The van der Waals surface area contributed by atoms with Gasteiger partial charge in [-0.3, -0.25) is 0 Å². The molecule has 0 fully saturated rings. The summed E-state index contributed by atoms with van der Waals surface area (Å²) in [5.41, 5.74) is 0.505. The van der Waals surface area contributed by atoms with Gasteiger partial charge in [0.15, 0.2) is 10.8 Å². The summed E-state index contributed by atoms with van der Waals surface area (Å²) < 4.78 is 9.79. The van der Waals surface area contributed by atoms with Crippen molar-refractivity contribution < 1.29 is 14.3 Å². The molecule has 1 aromatic heterocycles. The molecule has 0 atom stereocenters. The smallest absolute Gasteiger partial charge is 0.357 e. The molecule has 1 aromatic rings. The molecule has 0 bridgehead atoms. The number of aryl methyl sites for hydroxylation is 1. The number of rotatable bonds is 7. The van der Waals surface area contributed by atoms with Crippen LogP contribution in [0, 0.1) is 12.3 Å². The Kier molecular flexibility index (Phi) is 5.75. The molecule has 0 aliphatic carbocycles. The van der Waals surface area contributed by atoms with E-state index in [9.17, 15) is 4.79 Å². The largest absolute Gasteiger partial charge is 0.464 e. The second-order valence-electron chi connectivity index (χ2n) is 5.18. The van der Waals surface area contributed by atoms with Crippen molar-refractivity contribution in [1.29, 1.82) is 0 Å². The van der Waals surface area contributed by atoms with Gasteiger partial charge in [0.05, 0.1) is 7.11 Å². The Hall–Kier alpha value is -1.14. The summed E-state index contributed by atoms with van der Waals surface area (Å²) in [6.45, 7) is 7.72. The predicted octanol–water partition coefficient (Wildman–Crippen LogP) is 2.71. The lowest BCUT2D eigenvalue weighted by Crippen LogP contribution is -2.24. The van der Waals surface area contributed by atoms with Crippen LogP contribution in [0.2, 0.25) is 0 Å². The first kappa shape index (κ1) is 15.9. The van der Waals surface area contributed by atoms with Gasteiger partial charge in [-0.05, 0) is 18.8 Å². The number of anilines is 1. The summed E-state index contributed by atoms with van der Waals surface area (Å²) in [6.07, 6.45) is 0.963. The summed E-state index contributed by atoms with van der Waals surface area (Å²) in [7, 11) is 3.07. The lowest BCUT2D eigenvalue weighted by Gasteiger charge is -2.24. The van der Waals surface area contributed by atoms with E-state index in [2.05, 4.69) is 28.9 Å². The summed E-state index contributed by atoms with van der Waals surface area (Å²) in [5, 5.41) is 4.03. The summed E-state index contributed by atoms with van der Waals surface area (Å²) in [5.74, 6) is -0.388. The van der Waals surface area contributed by atoms with E-state index in [0.29, 0.717) is 5.69 Å². The van der Waals surface area contributed by atoms with E-state index in [4.69, 9.17) is 4.74 Å². The van der Waals surface area contributed by atoms with Crippen molar-refractivity contribution in [2.24, 2.45) is 5.41 Å². The fraction of sp³-hybridized carbons (Fsp3) is 0.692. The van der Waals surface area contributed by atoms with Crippen LogP contribution in [0.25, 0.3) is 0 Å². The van der Waals surface area contributed by atoms with E-state index < -0.39 is 0 Å². The highest BCUT2D eigenvalue weighted by atomic mass is 32.1. The maximum absolute atomic E-state index is 11.5. The van der Waals surface area contributed by atoms with Crippen LogP contribution < -0.4 is 5.32 Å². The van der Waals surface area contributed by atoms with Gasteiger partial charge in [0, 0.05) is 25.1 Å². The van der Waals surface area contributed by atoms with Crippen LogP contribution in [-0.2, 0) is 9.47 Å². The first-order valence-corrected chi connectivity index (χ1v) is 7.00. The van der Waals surface area contributed by atoms with Crippen LogP contribution >= 0.6 is 11.3 Å². The van der Waals surface area contributed by atoms with Gasteiger partial charge in [-0.15, -0.1) is 11.3 Å². The molecule has 1 N–H and O–H groups in total. The molecular formula is C13H22N2O3S. The number of hydrogen-bond acceptors (Lipinski definition) is 6. The van der Waals surface area contributed by atoms with Crippen molar-refractivity contribution >= 4 is 22.4 Å². The number of hydrogen-bond donors (Lipinski definition) is 1. The molecule has 0 saturated heterocycles. The summed E-state index contributed by atoms with van der Waals surface area (Å²) >= 11 is 1.47. The summed E-state index contributed by atoms with van der Waals surface area (Å²) in [4.78, 5) is 16.6. The number of nitrogens with one attached hydrogen (secondary N) is 1. The van der Waals surface area contributed by atoms with E-state index in [-0.39, 0.29) is 11.4 Å². The number of esters is 1. The van der Waals surface area contributed by atoms with Gasteiger partial charge in [0.1, 0.15) is 0 Å². The number of ether oxygens (including phenoxy) is 2. The van der Waals surface area contributed by atoms with Crippen molar-refractivity contribution in [3.8, 4) is 0 Å². The quantitative estimate of drug-likeness (QED) is 0.781. The molecule has 1 rings (SSSR count). The Morgan fingerprint density at radius 3 is 2.68 bits per heavy atom. The van der Waals surface area contributed by atoms with E-state index in [1.807, 2.05) is 6.92 Å². The average molecular weight is 286 g/mol. The first-order valence-electron chi connectivity index (χ1n) is 6.18. The zero-order valence-electron chi connectivity index (χ0n) is 12.2. The fourth-order valence-corrected chi connectivity index (χ4v) is 2.34. The molecular weight excluding hydrogens is 264 g/mol. The minimum atomic E-state index is -0.388. The third-order valence-corrected chi connectivity index (χ3v) is 3.80. The second-order valence-corrected chi connectivity index (χ2v) is 6.38. The molecule has 0 saturated carbocycles. The van der Waals surface area contributed by atoms with Crippen LogP contribution in [0.3, 0.4) is 0 Å². The molecule has 0 radical (unpaired) electrons. The zero-order valence-corrected chi connectivity index (χ0v) is 13.0. The highest BCUT2D eigenvalue weighted by molar-refractivity contribution is 7.15. The molecule has 108 valence electrons. The Morgan fingerprint density at radius 1 is 1.42 bits per heavy atom. The summed E-state index contributed by atoms with van der Waals surface area (Å²) in [6, 6.07) is 0. The number of aromatic nitrogens is 1. The SMILES string of the molecule is COCCC(C)(C)CNc1nc(C(=O)OC)c(C)s1. The number of nitrogens with zero attached hydrogens (tertiary/aromatic N) is 1. The second kappa shape index (κ2) is 6.86. The van der Waals surface area contributed by atoms with E-state index >= 15 is 0 Å². The number of thiazole rings is 1. The van der Waals surface area contributed by atoms with Gasteiger partial charge in [0.2, 0.25) is 0 Å². The Balaban J connectivity index is 2.61. The monoisotopic (exact) mass is 286 g/mol. The van der Waals surface area contributed by atoms with Gasteiger partial charge < -0.3 is 14.8 Å². The van der Waals surface area contributed by atoms with E-state index in [1.165, 1.54) is 18.4 Å². The van der Waals surface area contributed by atoms with Crippen LogP contribution in [0.15, 0.2) is 0 Å². The Morgan fingerprint density at radius 2 is 2.11 bits per heavy atom. The highest BCUT2D eigenvalue weighted by Crippen LogP contribution is 2.26. The van der Waals surface area contributed by atoms with Crippen molar-refractivity contribution in [2.45, 2.75) is 27.2 Å². The fourth-order valence-electron chi connectivity index (χ4n) is 1.54. The third-order valence-electron chi connectivity index (χ3n) is 2.88. The predicted molar refractivity (Wildman–Crippen MR) is 77.0 cm³/mol. The molecule has 19 heavy (non-hydrogen) atoms. The molecule has 0 unspecified atom stereocenters. The highest BCUT2D eigenvalue weighted by Gasteiger charge is 2.20. The Bertz CT molecular complexity index is 430. The normalized spacial score (nSPS) is 11.4. The maximum atomic E-state index is 11.5. The van der Waals surface area contributed by atoms with Gasteiger partial charge in [-0.25, -0.2) is 9.78 Å². The van der Waals surface area contributed by atoms with Gasteiger partial charge in [-0.1, -0.05) is 13.8 Å². The lowest BCUT2D eigenvalue weighted by molar-refractivity contribution is 0.0594. The molecule has 0 aliphatic rings. The van der Waals surface area contributed by atoms with Gasteiger partial charge >= 0.3 is 5.97 Å². The lowest BCUT2D eigenvalue weighted by atomic mass is 9.90. The Labute approximate surface area is 118 Å².